The first kappa shape index (κ1) is 28.6. The Morgan fingerprint density at radius 2 is 1.62 bits per heavy atom. The number of carboxylic acid groups (broad SMARTS) is 1. The van der Waals surface area contributed by atoms with E-state index in [2.05, 4.69) is 20.4 Å². The molecule has 0 saturated carbocycles. The van der Waals surface area contributed by atoms with Crippen LogP contribution in [0, 0.1) is 0 Å². The first-order valence-electron chi connectivity index (χ1n) is 12.4. The van der Waals surface area contributed by atoms with Gasteiger partial charge in [0.25, 0.3) is 11.5 Å². The van der Waals surface area contributed by atoms with Crippen molar-refractivity contribution in [2.24, 2.45) is 10.7 Å². The molecule has 5 N–H and O–H groups in total. The third-order valence-electron chi connectivity index (χ3n) is 5.79. The average molecular weight is 534 g/mol. The third kappa shape index (κ3) is 8.03. The van der Waals surface area contributed by atoms with E-state index in [9.17, 15) is 24.3 Å². The number of pyridine rings is 1. The van der Waals surface area contributed by atoms with Gasteiger partial charge in [-0.2, -0.15) is 0 Å². The highest BCUT2D eigenvalue weighted by molar-refractivity contribution is 5.96. The van der Waals surface area contributed by atoms with Crippen LogP contribution in [-0.2, 0) is 9.53 Å². The first-order valence-corrected chi connectivity index (χ1v) is 12.4. The molecule has 11 nitrogen and oxygen atoms in total. The summed E-state index contributed by atoms with van der Waals surface area (Å²) in [5.74, 6) is -2.21. The minimum absolute atomic E-state index is 0.0401. The zero-order valence-corrected chi connectivity index (χ0v) is 21.4. The lowest BCUT2D eigenvalue weighted by atomic mass is 9.98. The zero-order chi connectivity index (χ0) is 28.2. The Labute approximate surface area is 225 Å². The second kappa shape index (κ2) is 14.1. The molecule has 1 heterocycles. The average Bonchev–Trinajstić information content (AvgIpc) is 2.92. The Bertz CT molecular complexity index is 1320. The van der Waals surface area contributed by atoms with Gasteiger partial charge < -0.3 is 30.8 Å². The molecule has 1 atom stereocenters. The summed E-state index contributed by atoms with van der Waals surface area (Å²) >= 11 is 0. The molecule has 0 fully saturated rings. The molecule has 0 saturated heterocycles. The fourth-order valence-corrected chi connectivity index (χ4v) is 3.98. The Kier molecular flexibility index (Phi) is 10.4. The molecule has 39 heavy (non-hydrogen) atoms. The number of amides is 2. The predicted octanol–water partition coefficient (Wildman–Crippen LogP) is 2.51. The number of hydrogen-bond donors (Lipinski definition) is 4. The summed E-state index contributed by atoms with van der Waals surface area (Å²) in [5, 5.41) is 14.8. The molecule has 0 aliphatic carbocycles. The number of carbonyl (C=O) groups is 3. The van der Waals surface area contributed by atoms with Crippen LogP contribution >= 0.6 is 0 Å². The number of benzene rings is 2. The molecule has 1 aromatic heterocycles. The van der Waals surface area contributed by atoms with Crippen molar-refractivity contribution in [3.63, 3.8) is 0 Å². The van der Waals surface area contributed by atoms with E-state index in [1.54, 1.807) is 19.2 Å². The second-order valence-corrected chi connectivity index (χ2v) is 8.49. The molecule has 2 aromatic carbocycles. The van der Waals surface area contributed by atoms with Crippen LogP contribution in [0.5, 0.6) is 0 Å². The standard InChI is InChI=1S/C28H31N5O6/c1-2-39-28(38)32-27(29)30-17-9-16-22(26(36)37)31-24(34)21-15-10-18-33(25(21)35)23(19-11-5-3-6-12-19)20-13-7-4-8-14-20/h3-8,10-15,18,22-23H,2,9,16-17H2,1H3,(H,31,34)(H,36,37)(H3,29,30,32,38)/t22-/m0/s1. The minimum Gasteiger partial charge on any atom is -0.480 e. The summed E-state index contributed by atoms with van der Waals surface area (Å²) in [6.45, 7) is 1.98. The molecule has 0 unspecified atom stereocenters. The maximum atomic E-state index is 13.5. The Morgan fingerprint density at radius 3 is 2.18 bits per heavy atom. The lowest BCUT2D eigenvalue weighted by Gasteiger charge is -2.22. The van der Waals surface area contributed by atoms with Crippen LogP contribution in [0.25, 0.3) is 0 Å². The summed E-state index contributed by atoms with van der Waals surface area (Å²) in [5.41, 5.74) is 6.57. The molecule has 0 aliphatic heterocycles. The highest BCUT2D eigenvalue weighted by atomic mass is 16.5. The van der Waals surface area contributed by atoms with E-state index < -0.39 is 35.6 Å². The van der Waals surface area contributed by atoms with Gasteiger partial charge in [0, 0.05) is 12.7 Å². The summed E-state index contributed by atoms with van der Waals surface area (Å²) in [6, 6.07) is 20.0. The molecule has 2 amide bonds. The van der Waals surface area contributed by atoms with Gasteiger partial charge in [-0.15, -0.1) is 4.99 Å². The van der Waals surface area contributed by atoms with Crippen molar-refractivity contribution in [1.29, 1.82) is 0 Å². The first-order chi connectivity index (χ1) is 18.8. The van der Waals surface area contributed by atoms with E-state index in [4.69, 9.17) is 5.73 Å². The topological polar surface area (TPSA) is 165 Å². The van der Waals surface area contributed by atoms with Crippen molar-refractivity contribution in [3.8, 4) is 0 Å². The Morgan fingerprint density at radius 1 is 1.00 bits per heavy atom. The van der Waals surface area contributed by atoms with E-state index in [0.717, 1.165) is 11.1 Å². The van der Waals surface area contributed by atoms with Crippen molar-refractivity contribution >= 4 is 23.9 Å². The molecule has 0 bridgehead atoms. The molecule has 0 spiro atoms. The summed E-state index contributed by atoms with van der Waals surface area (Å²) in [7, 11) is 0. The van der Waals surface area contributed by atoms with Crippen LogP contribution in [-0.4, -0.2) is 52.8 Å². The highest BCUT2D eigenvalue weighted by Gasteiger charge is 2.24. The monoisotopic (exact) mass is 533 g/mol. The van der Waals surface area contributed by atoms with Crippen molar-refractivity contribution < 1.29 is 24.2 Å². The fraction of sp³-hybridized carbons (Fsp3) is 0.250. The molecule has 11 heteroatoms. The van der Waals surface area contributed by atoms with E-state index in [1.807, 2.05) is 60.7 Å². The van der Waals surface area contributed by atoms with Crippen molar-refractivity contribution in [2.45, 2.75) is 31.8 Å². The molecule has 3 rings (SSSR count). The summed E-state index contributed by atoms with van der Waals surface area (Å²) in [6.07, 6.45) is 1.08. The SMILES string of the molecule is CCOC(=O)N=C(N)NCCC[C@H](NC(=O)c1cccn(C(c2ccccc2)c2ccccc2)c1=O)C(=O)O. The van der Waals surface area contributed by atoms with E-state index in [1.165, 1.54) is 10.6 Å². The second-order valence-electron chi connectivity index (χ2n) is 8.49. The van der Waals surface area contributed by atoms with E-state index in [-0.39, 0.29) is 37.5 Å². The van der Waals surface area contributed by atoms with E-state index in [0.29, 0.717) is 0 Å². The lowest BCUT2D eigenvalue weighted by Crippen LogP contribution is -2.44. The van der Waals surface area contributed by atoms with Crippen LogP contribution in [0.15, 0.2) is 88.8 Å². The van der Waals surface area contributed by atoms with Crippen molar-refractivity contribution in [3.05, 3.63) is 106 Å². The molecule has 0 radical (unpaired) electrons. The number of aromatic nitrogens is 1. The molecule has 204 valence electrons. The van der Waals surface area contributed by atoms with Gasteiger partial charge >= 0.3 is 12.1 Å². The van der Waals surface area contributed by atoms with Crippen LogP contribution in [0.1, 0.15) is 47.3 Å². The van der Waals surface area contributed by atoms with Gasteiger partial charge in [0.2, 0.25) is 0 Å². The predicted molar refractivity (Wildman–Crippen MR) is 146 cm³/mol. The van der Waals surface area contributed by atoms with Gasteiger partial charge in [0.1, 0.15) is 11.6 Å². The fourth-order valence-electron chi connectivity index (χ4n) is 3.98. The Balaban J connectivity index is 1.75. The number of carboxylic acids is 1. The number of rotatable bonds is 11. The van der Waals surface area contributed by atoms with Gasteiger partial charge in [0.05, 0.1) is 12.6 Å². The number of aliphatic imine (C=N–C) groups is 1. The van der Waals surface area contributed by atoms with Gasteiger partial charge in [-0.05, 0) is 43.0 Å². The maximum Gasteiger partial charge on any atom is 0.436 e. The third-order valence-corrected chi connectivity index (χ3v) is 5.79. The van der Waals surface area contributed by atoms with Crippen LogP contribution in [0.2, 0.25) is 0 Å². The number of ether oxygens (including phenoxy) is 1. The smallest absolute Gasteiger partial charge is 0.436 e. The zero-order valence-electron chi connectivity index (χ0n) is 21.4. The van der Waals surface area contributed by atoms with Gasteiger partial charge in [-0.3, -0.25) is 9.59 Å². The Hall–Kier alpha value is -4.93. The summed E-state index contributed by atoms with van der Waals surface area (Å²) < 4.78 is 6.12. The molecule has 0 aliphatic rings. The number of nitrogens with two attached hydrogens (primary N) is 1. The summed E-state index contributed by atoms with van der Waals surface area (Å²) in [4.78, 5) is 53.2. The van der Waals surface area contributed by atoms with Crippen molar-refractivity contribution in [1.82, 2.24) is 15.2 Å². The minimum atomic E-state index is -1.25. The number of carbonyl (C=O) groups excluding carboxylic acids is 2. The number of aliphatic carboxylic acids is 1. The molecule has 3 aromatic rings. The van der Waals surface area contributed by atoms with E-state index >= 15 is 0 Å². The molecular weight excluding hydrogens is 502 g/mol. The van der Waals surface area contributed by atoms with Crippen LogP contribution < -0.4 is 21.9 Å². The largest absolute Gasteiger partial charge is 0.480 e. The maximum absolute atomic E-state index is 13.5. The number of hydrogen-bond acceptors (Lipinski definition) is 5. The molecular formula is C28H31N5O6. The number of guanidine groups is 1. The quantitative estimate of drug-likeness (QED) is 0.166. The lowest BCUT2D eigenvalue weighted by molar-refractivity contribution is -0.139. The van der Waals surface area contributed by atoms with Gasteiger partial charge in [0.15, 0.2) is 5.96 Å². The normalized spacial score (nSPS) is 12.0. The highest BCUT2D eigenvalue weighted by Crippen LogP contribution is 2.25. The van der Waals surface area contributed by atoms with Crippen molar-refractivity contribution in [2.75, 3.05) is 13.2 Å². The number of nitrogens with zero attached hydrogens (tertiary/aromatic N) is 2. The van der Waals surface area contributed by atoms with Gasteiger partial charge in [-0.25, -0.2) is 9.59 Å². The van der Waals surface area contributed by atoms with Crippen LogP contribution in [0.3, 0.4) is 0 Å². The van der Waals surface area contributed by atoms with Crippen LogP contribution in [0.4, 0.5) is 4.79 Å². The van der Waals surface area contributed by atoms with Gasteiger partial charge in [-0.1, -0.05) is 60.7 Å². The number of nitrogens with one attached hydrogen (secondary N) is 2.